The molecule has 2 N–H and O–H groups in total. The van der Waals surface area contributed by atoms with Crippen molar-refractivity contribution in [3.8, 4) is 11.3 Å². The van der Waals surface area contributed by atoms with Gasteiger partial charge in [0.25, 0.3) is 0 Å². The Bertz CT molecular complexity index is 917. The van der Waals surface area contributed by atoms with Crippen LogP contribution in [0.15, 0.2) is 60.7 Å². The first kappa shape index (κ1) is 18.4. The molecule has 0 unspecified atom stereocenters. The molecule has 1 aliphatic heterocycles. The molecule has 2 heterocycles. The molecule has 4 rings (SSSR count). The average Bonchev–Trinajstić information content (AvgIpc) is 2.75. The van der Waals surface area contributed by atoms with Gasteiger partial charge in [0.15, 0.2) is 0 Å². The number of aromatic nitrogens is 2. The van der Waals surface area contributed by atoms with Gasteiger partial charge in [-0.25, -0.2) is 9.97 Å². The van der Waals surface area contributed by atoms with Crippen molar-refractivity contribution in [1.82, 2.24) is 15.3 Å². The fourth-order valence-electron chi connectivity index (χ4n) is 3.60. The Morgan fingerprint density at radius 3 is 2.46 bits per heavy atom. The van der Waals surface area contributed by atoms with Crippen molar-refractivity contribution in [3.63, 3.8) is 0 Å². The predicted octanol–water partition coefficient (Wildman–Crippen LogP) is 4.42. The van der Waals surface area contributed by atoms with Gasteiger partial charge >= 0.3 is 0 Å². The van der Waals surface area contributed by atoms with E-state index in [2.05, 4.69) is 64.1 Å². The summed E-state index contributed by atoms with van der Waals surface area (Å²) in [5.74, 6) is 1.13. The number of hydrogen-bond acceptors (Lipinski definition) is 5. The summed E-state index contributed by atoms with van der Waals surface area (Å²) < 4.78 is 0. The molecule has 144 valence electrons. The fourth-order valence-corrected chi connectivity index (χ4v) is 3.60. The second-order valence-electron chi connectivity index (χ2n) is 7.46. The number of rotatable bonds is 5. The number of anilines is 3. The lowest BCUT2D eigenvalue weighted by Crippen LogP contribution is -2.27. The van der Waals surface area contributed by atoms with E-state index in [0.29, 0.717) is 11.9 Å². The van der Waals surface area contributed by atoms with Gasteiger partial charge in [0.1, 0.15) is 0 Å². The molecule has 1 aliphatic rings. The van der Waals surface area contributed by atoms with Crippen molar-refractivity contribution in [2.75, 3.05) is 37.4 Å². The Hall–Kier alpha value is -2.92. The van der Waals surface area contributed by atoms with Crippen LogP contribution in [-0.2, 0) is 0 Å². The molecule has 5 heteroatoms. The molecule has 0 saturated carbocycles. The number of benzene rings is 2. The molecule has 0 bridgehead atoms. The highest BCUT2D eigenvalue weighted by molar-refractivity contribution is 5.65. The van der Waals surface area contributed by atoms with Crippen LogP contribution in [0.2, 0.25) is 0 Å². The summed E-state index contributed by atoms with van der Waals surface area (Å²) in [6, 6.07) is 20.8. The van der Waals surface area contributed by atoms with Gasteiger partial charge in [-0.15, -0.1) is 0 Å². The lowest BCUT2D eigenvalue weighted by molar-refractivity contribution is 0.453. The summed E-state index contributed by atoms with van der Waals surface area (Å²) in [6.45, 7) is 2.09. The molecule has 0 atom stereocenters. The van der Waals surface area contributed by atoms with Crippen LogP contribution in [0.4, 0.5) is 17.3 Å². The van der Waals surface area contributed by atoms with Crippen LogP contribution in [0.5, 0.6) is 0 Å². The molecule has 1 saturated heterocycles. The lowest BCUT2D eigenvalue weighted by Gasteiger charge is -2.23. The summed E-state index contributed by atoms with van der Waals surface area (Å²) in [7, 11) is 4.09. The first-order valence-electron chi connectivity index (χ1n) is 9.88. The van der Waals surface area contributed by atoms with E-state index in [-0.39, 0.29) is 0 Å². The molecular formula is C23H27N5. The van der Waals surface area contributed by atoms with E-state index in [1.54, 1.807) is 0 Å². The Balaban J connectivity index is 1.70. The third kappa shape index (κ3) is 4.31. The maximum Gasteiger partial charge on any atom is 0.228 e. The second kappa shape index (κ2) is 8.40. The highest BCUT2D eigenvalue weighted by Crippen LogP contribution is 2.29. The average molecular weight is 374 g/mol. The summed E-state index contributed by atoms with van der Waals surface area (Å²) in [5.41, 5.74) is 5.35. The Morgan fingerprint density at radius 2 is 1.71 bits per heavy atom. The minimum atomic E-state index is 0.473. The van der Waals surface area contributed by atoms with E-state index in [4.69, 9.17) is 9.97 Å². The minimum absolute atomic E-state index is 0.473. The molecule has 0 radical (unpaired) electrons. The van der Waals surface area contributed by atoms with Crippen LogP contribution in [-0.4, -0.2) is 37.2 Å². The van der Waals surface area contributed by atoms with Crippen molar-refractivity contribution in [2.24, 2.45) is 0 Å². The fraction of sp³-hybridized carbons (Fsp3) is 0.304. The highest BCUT2D eigenvalue weighted by Gasteiger charge is 2.19. The van der Waals surface area contributed by atoms with Crippen LogP contribution < -0.4 is 15.5 Å². The van der Waals surface area contributed by atoms with Crippen molar-refractivity contribution < 1.29 is 0 Å². The van der Waals surface area contributed by atoms with Crippen LogP contribution in [0, 0.1) is 0 Å². The van der Waals surface area contributed by atoms with Crippen molar-refractivity contribution >= 4 is 17.3 Å². The molecule has 28 heavy (non-hydrogen) atoms. The second-order valence-corrected chi connectivity index (χ2v) is 7.46. The normalized spacial score (nSPS) is 14.6. The monoisotopic (exact) mass is 373 g/mol. The molecule has 2 aromatic carbocycles. The molecule has 1 aromatic heterocycles. The van der Waals surface area contributed by atoms with E-state index in [0.717, 1.165) is 54.3 Å². The third-order valence-electron chi connectivity index (χ3n) is 5.19. The first-order valence-corrected chi connectivity index (χ1v) is 9.88. The molecule has 1 fully saturated rings. The Kier molecular flexibility index (Phi) is 5.53. The third-order valence-corrected chi connectivity index (χ3v) is 5.19. The van der Waals surface area contributed by atoms with Gasteiger partial charge in [-0.05, 0) is 50.2 Å². The van der Waals surface area contributed by atoms with Gasteiger partial charge in [0.05, 0.1) is 5.69 Å². The molecular weight excluding hydrogens is 346 g/mol. The van der Waals surface area contributed by atoms with E-state index in [1.807, 2.05) is 26.2 Å². The molecule has 5 nitrogen and oxygen atoms in total. The number of piperidine rings is 1. The summed E-state index contributed by atoms with van der Waals surface area (Å²) in [6.07, 6.45) is 2.22. The SMILES string of the molecule is CN(C)c1cccc(Nc2nc(-c3ccccc3)cc(C3CCNCC3)n2)c1. The number of nitrogens with zero attached hydrogens (tertiary/aromatic N) is 3. The van der Waals surface area contributed by atoms with E-state index >= 15 is 0 Å². The lowest BCUT2D eigenvalue weighted by atomic mass is 9.93. The van der Waals surface area contributed by atoms with Crippen LogP contribution >= 0.6 is 0 Å². The maximum atomic E-state index is 4.89. The zero-order chi connectivity index (χ0) is 19.3. The predicted molar refractivity (Wildman–Crippen MR) is 116 cm³/mol. The van der Waals surface area contributed by atoms with Crippen LogP contribution in [0.1, 0.15) is 24.5 Å². The summed E-state index contributed by atoms with van der Waals surface area (Å²) in [4.78, 5) is 11.8. The standard InChI is InChI=1S/C23H27N5/c1-28(2)20-10-6-9-19(15-20)25-23-26-21(17-7-4-3-5-8-17)16-22(27-23)18-11-13-24-14-12-18/h3-10,15-16,18,24H,11-14H2,1-2H3,(H,25,26,27). The van der Waals surface area contributed by atoms with Gasteiger partial charge in [0.2, 0.25) is 5.95 Å². The quantitative estimate of drug-likeness (QED) is 0.693. The maximum absolute atomic E-state index is 4.89. The number of hydrogen-bond donors (Lipinski definition) is 2. The van der Waals surface area contributed by atoms with Gasteiger partial charge in [-0.1, -0.05) is 36.4 Å². The Labute approximate surface area is 166 Å². The van der Waals surface area contributed by atoms with Crippen molar-refractivity contribution in [1.29, 1.82) is 0 Å². The molecule has 0 spiro atoms. The Morgan fingerprint density at radius 1 is 0.929 bits per heavy atom. The summed E-state index contributed by atoms with van der Waals surface area (Å²) in [5, 5.41) is 6.86. The van der Waals surface area contributed by atoms with Gasteiger partial charge in [-0.2, -0.15) is 0 Å². The molecule has 3 aromatic rings. The van der Waals surface area contributed by atoms with Gasteiger partial charge < -0.3 is 15.5 Å². The molecule has 0 amide bonds. The largest absolute Gasteiger partial charge is 0.378 e. The van der Waals surface area contributed by atoms with Crippen LogP contribution in [0.25, 0.3) is 11.3 Å². The van der Waals surface area contributed by atoms with Crippen molar-refractivity contribution in [2.45, 2.75) is 18.8 Å². The molecule has 0 aliphatic carbocycles. The van der Waals surface area contributed by atoms with E-state index < -0.39 is 0 Å². The van der Waals surface area contributed by atoms with Crippen molar-refractivity contribution in [3.05, 3.63) is 66.4 Å². The van der Waals surface area contributed by atoms with Gasteiger partial charge in [0, 0.05) is 42.6 Å². The van der Waals surface area contributed by atoms with Gasteiger partial charge in [-0.3, -0.25) is 0 Å². The van der Waals surface area contributed by atoms with E-state index in [9.17, 15) is 0 Å². The minimum Gasteiger partial charge on any atom is -0.378 e. The zero-order valence-corrected chi connectivity index (χ0v) is 16.5. The number of nitrogens with one attached hydrogen (secondary N) is 2. The summed E-state index contributed by atoms with van der Waals surface area (Å²) >= 11 is 0. The topological polar surface area (TPSA) is 53.1 Å². The smallest absolute Gasteiger partial charge is 0.228 e. The first-order chi connectivity index (χ1) is 13.7. The van der Waals surface area contributed by atoms with E-state index in [1.165, 1.54) is 0 Å². The zero-order valence-electron chi connectivity index (χ0n) is 16.5. The highest BCUT2D eigenvalue weighted by atomic mass is 15.1. The van der Waals surface area contributed by atoms with Crippen LogP contribution in [0.3, 0.4) is 0 Å².